The third-order valence-electron chi connectivity index (χ3n) is 1.27. The summed E-state index contributed by atoms with van der Waals surface area (Å²) >= 11 is 0. The van der Waals surface area contributed by atoms with Crippen molar-refractivity contribution < 1.29 is 10.2 Å². The van der Waals surface area contributed by atoms with Gasteiger partial charge in [-0.25, -0.2) is 0 Å². The van der Waals surface area contributed by atoms with Crippen LogP contribution >= 0.6 is 0 Å². The van der Waals surface area contributed by atoms with Crippen LogP contribution < -0.4 is 0 Å². The zero-order valence-corrected chi connectivity index (χ0v) is 6.33. The van der Waals surface area contributed by atoms with Crippen LogP contribution in [-0.4, -0.2) is 22.4 Å². The molecular formula is C7H16O2. The Balaban J connectivity index is 3.38. The average Bonchev–Trinajstić information content (AvgIpc) is 1.63. The van der Waals surface area contributed by atoms with Crippen LogP contribution in [0.2, 0.25) is 0 Å². The van der Waals surface area contributed by atoms with Gasteiger partial charge in [-0.3, -0.25) is 0 Å². The maximum atomic E-state index is 9.05. The van der Waals surface area contributed by atoms with Gasteiger partial charge in [-0.1, -0.05) is 13.8 Å². The second-order valence-electron chi connectivity index (χ2n) is 2.94. The van der Waals surface area contributed by atoms with E-state index in [1.807, 2.05) is 13.8 Å². The second-order valence-corrected chi connectivity index (χ2v) is 2.94. The molecule has 0 aliphatic carbocycles. The predicted molar refractivity (Wildman–Crippen MR) is 37.1 cm³/mol. The van der Waals surface area contributed by atoms with E-state index in [4.69, 9.17) is 10.2 Å². The molecule has 0 bridgehead atoms. The van der Waals surface area contributed by atoms with Crippen molar-refractivity contribution in [1.29, 1.82) is 0 Å². The highest BCUT2D eigenvalue weighted by Gasteiger charge is 2.11. The third kappa shape index (κ3) is 4.43. The molecule has 2 heteroatoms. The van der Waals surface area contributed by atoms with Crippen LogP contribution in [0.15, 0.2) is 0 Å². The van der Waals surface area contributed by atoms with Gasteiger partial charge in [0.25, 0.3) is 0 Å². The van der Waals surface area contributed by atoms with E-state index in [0.717, 1.165) is 0 Å². The van der Waals surface area contributed by atoms with E-state index in [2.05, 4.69) is 0 Å². The van der Waals surface area contributed by atoms with E-state index >= 15 is 0 Å². The average molecular weight is 132 g/mol. The molecule has 56 valence electrons. The molecule has 0 radical (unpaired) electrons. The molecule has 2 nitrogen and oxygen atoms in total. The Hall–Kier alpha value is -0.0800. The molecule has 0 rings (SSSR count). The molecule has 2 atom stereocenters. The van der Waals surface area contributed by atoms with Crippen LogP contribution in [0.3, 0.4) is 0 Å². The Morgan fingerprint density at radius 3 is 1.67 bits per heavy atom. The summed E-state index contributed by atoms with van der Waals surface area (Å²) in [6.45, 7) is 5.64. The quantitative estimate of drug-likeness (QED) is 0.595. The molecule has 0 aliphatic rings. The van der Waals surface area contributed by atoms with Crippen molar-refractivity contribution in [2.24, 2.45) is 5.92 Å². The maximum Gasteiger partial charge on any atom is 0.0798 e. The summed E-state index contributed by atoms with van der Waals surface area (Å²) in [5, 5.41) is 17.9. The molecule has 0 heterocycles. The molecule has 0 fully saturated rings. The minimum Gasteiger partial charge on any atom is -0.391 e. The van der Waals surface area contributed by atoms with Crippen molar-refractivity contribution >= 4 is 0 Å². The summed E-state index contributed by atoms with van der Waals surface area (Å²) < 4.78 is 0. The van der Waals surface area contributed by atoms with Gasteiger partial charge < -0.3 is 10.2 Å². The Morgan fingerprint density at radius 1 is 1.11 bits per heavy atom. The highest BCUT2D eigenvalue weighted by molar-refractivity contribution is 4.63. The van der Waals surface area contributed by atoms with Crippen molar-refractivity contribution in [2.75, 3.05) is 0 Å². The largest absolute Gasteiger partial charge is 0.391 e. The molecule has 0 spiro atoms. The molecule has 0 unspecified atom stereocenters. The van der Waals surface area contributed by atoms with E-state index in [1.165, 1.54) is 0 Å². The van der Waals surface area contributed by atoms with Crippen molar-refractivity contribution in [3.63, 3.8) is 0 Å². The third-order valence-corrected chi connectivity index (χ3v) is 1.27. The van der Waals surface area contributed by atoms with Gasteiger partial charge in [0.2, 0.25) is 0 Å². The fourth-order valence-corrected chi connectivity index (χ4v) is 0.680. The van der Waals surface area contributed by atoms with Gasteiger partial charge in [-0.2, -0.15) is 0 Å². The van der Waals surface area contributed by atoms with E-state index in [-0.39, 0.29) is 0 Å². The molecule has 2 N–H and O–H groups in total. The lowest BCUT2D eigenvalue weighted by Crippen LogP contribution is -2.23. The highest BCUT2D eigenvalue weighted by atomic mass is 16.3. The number of rotatable bonds is 3. The lowest BCUT2D eigenvalue weighted by molar-refractivity contribution is 0.0188. The standard InChI is InChI=1S/C7H16O2/c1-5(2)4-7(9)6(3)8/h5-9H,4H2,1-3H3/t6-,7-/m1/s1. The smallest absolute Gasteiger partial charge is 0.0798 e. The Labute approximate surface area is 56.5 Å². The van der Waals surface area contributed by atoms with Gasteiger partial charge in [0, 0.05) is 0 Å². The zero-order valence-electron chi connectivity index (χ0n) is 6.33. The summed E-state index contributed by atoms with van der Waals surface area (Å²) in [5.74, 6) is 0.453. The zero-order chi connectivity index (χ0) is 7.44. The SMILES string of the molecule is CC(C)C[C@@H](O)[C@@H](C)O. The summed E-state index contributed by atoms with van der Waals surface area (Å²) in [6.07, 6.45) is -0.463. The number of aliphatic hydroxyl groups excluding tert-OH is 2. The van der Waals surface area contributed by atoms with Crippen molar-refractivity contribution in [3.05, 3.63) is 0 Å². The van der Waals surface area contributed by atoms with Crippen LogP contribution in [0.25, 0.3) is 0 Å². The van der Waals surface area contributed by atoms with Crippen LogP contribution in [0.5, 0.6) is 0 Å². The lowest BCUT2D eigenvalue weighted by Gasteiger charge is -2.14. The van der Waals surface area contributed by atoms with Gasteiger partial charge in [0.1, 0.15) is 0 Å². The first kappa shape index (κ1) is 8.92. The van der Waals surface area contributed by atoms with Crippen LogP contribution in [0.4, 0.5) is 0 Å². The summed E-state index contributed by atoms with van der Waals surface area (Å²) in [4.78, 5) is 0. The summed E-state index contributed by atoms with van der Waals surface area (Å²) in [6, 6.07) is 0. The maximum absolute atomic E-state index is 9.05. The van der Waals surface area contributed by atoms with Gasteiger partial charge in [0.15, 0.2) is 0 Å². The summed E-state index contributed by atoms with van der Waals surface area (Å²) in [5.41, 5.74) is 0. The first-order chi connectivity index (χ1) is 4.04. The summed E-state index contributed by atoms with van der Waals surface area (Å²) in [7, 11) is 0. The van der Waals surface area contributed by atoms with E-state index in [1.54, 1.807) is 6.92 Å². The molecule has 0 aromatic rings. The van der Waals surface area contributed by atoms with Gasteiger partial charge in [-0.15, -0.1) is 0 Å². The first-order valence-corrected chi connectivity index (χ1v) is 3.40. The lowest BCUT2D eigenvalue weighted by atomic mass is 10.0. The van der Waals surface area contributed by atoms with Crippen LogP contribution in [-0.2, 0) is 0 Å². The van der Waals surface area contributed by atoms with E-state index in [9.17, 15) is 0 Å². The second kappa shape index (κ2) is 3.85. The molecule has 0 aliphatic heterocycles. The van der Waals surface area contributed by atoms with E-state index < -0.39 is 12.2 Å². The first-order valence-electron chi connectivity index (χ1n) is 3.40. The molecule has 0 saturated heterocycles. The van der Waals surface area contributed by atoms with Crippen molar-refractivity contribution in [2.45, 2.75) is 39.4 Å². The number of hydrogen-bond acceptors (Lipinski definition) is 2. The van der Waals surface area contributed by atoms with Crippen LogP contribution in [0.1, 0.15) is 27.2 Å². The van der Waals surface area contributed by atoms with Gasteiger partial charge in [-0.05, 0) is 19.3 Å². The van der Waals surface area contributed by atoms with Crippen LogP contribution in [0, 0.1) is 5.92 Å². The predicted octanol–water partition coefficient (Wildman–Crippen LogP) is 0.774. The Kier molecular flexibility index (Phi) is 3.82. The minimum atomic E-state index is -0.590. The van der Waals surface area contributed by atoms with E-state index in [0.29, 0.717) is 12.3 Å². The number of hydrogen-bond donors (Lipinski definition) is 2. The highest BCUT2D eigenvalue weighted by Crippen LogP contribution is 2.06. The number of aliphatic hydroxyl groups is 2. The molecule has 0 aromatic carbocycles. The van der Waals surface area contributed by atoms with Crippen molar-refractivity contribution in [1.82, 2.24) is 0 Å². The fraction of sp³-hybridized carbons (Fsp3) is 1.00. The molecule has 0 saturated carbocycles. The molecular weight excluding hydrogens is 116 g/mol. The molecule has 0 aromatic heterocycles. The van der Waals surface area contributed by atoms with Gasteiger partial charge in [0.05, 0.1) is 12.2 Å². The molecule has 9 heavy (non-hydrogen) atoms. The minimum absolute atomic E-state index is 0.453. The topological polar surface area (TPSA) is 40.5 Å². The normalized spacial score (nSPS) is 18.0. The monoisotopic (exact) mass is 132 g/mol. The molecule has 0 amide bonds. The fourth-order valence-electron chi connectivity index (χ4n) is 0.680. The Morgan fingerprint density at radius 2 is 1.56 bits per heavy atom. The van der Waals surface area contributed by atoms with Gasteiger partial charge >= 0.3 is 0 Å². The van der Waals surface area contributed by atoms with Crippen molar-refractivity contribution in [3.8, 4) is 0 Å². The Bertz CT molecular complexity index is 69.3.